The molecule has 2 N–H and O–H groups in total. The molecule has 1 saturated carbocycles. The molecule has 0 amide bonds. The van der Waals surface area contributed by atoms with Crippen molar-refractivity contribution >= 4 is 5.97 Å². The second kappa shape index (κ2) is 5.67. The maximum absolute atomic E-state index is 10.5. The first-order valence-electron chi connectivity index (χ1n) is 6.37. The van der Waals surface area contributed by atoms with E-state index in [2.05, 4.69) is 13.8 Å². The molecule has 2 unspecified atom stereocenters. The highest BCUT2D eigenvalue weighted by atomic mass is 16.4. The number of aliphatic hydroxyl groups is 1. The van der Waals surface area contributed by atoms with Crippen LogP contribution in [0.4, 0.5) is 0 Å². The maximum atomic E-state index is 10.5. The Hall–Kier alpha value is -0.570. The van der Waals surface area contributed by atoms with E-state index in [1.54, 1.807) is 0 Å². The van der Waals surface area contributed by atoms with E-state index in [0.29, 0.717) is 18.3 Å². The number of hydrogen-bond donors (Lipinski definition) is 2. The number of carboxylic acids is 1. The van der Waals surface area contributed by atoms with Gasteiger partial charge in [0.25, 0.3) is 0 Å². The third-order valence-electron chi connectivity index (χ3n) is 3.94. The van der Waals surface area contributed by atoms with Crippen LogP contribution in [0.5, 0.6) is 0 Å². The highest BCUT2D eigenvalue weighted by molar-refractivity contribution is 5.66. The van der Waals surface area contributed by atoms with Gasteiger partial charge in [0.1, 0.15) is 0 Å². The molecule has 0 saturated heterocycles. The second-order valence-corrected chi connectivity index (χ2v) is 5.55. The van der Waals surface area contributed by atoms with Crippen molar-refractivity contribution in [1.82, 2.24) is 0 Å². The van der Waals surface area contributed by atoms with Gasteiger partial charge in [-0.2, -0.15) is 0 Å². The number of hydrogen-bond acceptors (Lipinski definition) is 2. The summed E-state index contributed by atoms with van der Waals surface area (Å²) in [6.45, 7) is 4.46. The molecule has 0 spiro atoms. The van der Waals surface area contributed by atoms with Crippen LogP contribution in [-0.4, -0.2) is 21.8 Å². The summed E-state index contributed by atoms with van der Waals surface area (Å²) in [6.07, 6.45) is 5.27. The van der Waals surface area contributed by atoms with Crippen LogP contribution in [0.2, 0.25) is 0 Å². The molecule has 3 nitrogen and oxygen atoms in total. The van der Waals surface area contributed by atoms with E-state index < -0.39 is 11.6 Å². The summed E-state index contributed by atoms with van der Waals surface area (Å²) in [7, 11) is 0. The Morgan fingerprint density at radius 2 is 2.06 bits per heavy atom. The van der Waals surface area contributed by atoms with Crippen LogP contribution in [0.25, 0.3) is 0 Å². The molecular weight excluding hydrogens is 204 g/mol. The van der Waals surface area contributed by atoms with Gasteiger partial charge < -0.3 is 10.2 Å². The first kappa shape index (κ1) is 13.5. The molecule has 1 aliphatic carbocycles. The molecule has 0 aromatic heterocycles. The van der Waals surface area contributed by atoms with Crippen LogP contribution < -0.4 is 0 Å². The molecule has 1 fully saturated rings. The highest BCUT2D eigenvalue weighted by Crippen LogP contribution is 2.36. The van der Waals surface area contributed by atoms with Crippen molar-refractivity contribution in [3.63, 3.8) is 0 Å². The zero-order valence-corrected chi connectivity index (χ0v) is 10.4. The van der Waals surface area contributed by atoms with Gasteiger partial charge in [0.15, 0.2) is 0 Å². The topological polar surface area (TPSA) is 57.5 Å². The normalized spacial score (nSPS) is 31.4. The summed E-state index contributed by atoms with van der Waals surface area (Å²) in [5.74, 6) is 0.554. The summed E-state index contributed by atoms with van der Waals surface area (Å²) in [4.78, 5) is 10.5. The molecule has 3 heteroatoms. The molecule has 0 aromatic rings. The molecule has 0 radical (unpaired) electrons. The predicted molar refractivity (Wildman–Crippen MR) is 63.2 cm³/mol. The van der Waals surface area contributed by atoms with Crippen molar-refractivity contribution in [2.24, 2.45) is 11.8 Å². The average Bonchev–Trinajstić information content (AvgIpc) is 2.38. The number of carbonyl (C=O) groups is 1. The second-order valence-electron chi connectivity index (χ2n) is 5.55. The minimum Gasteiger partial charge on any atom is -0.481 e. The molecule has 94 valence electrons. The molecule has 1 aliphatic rings. The van der Waals surface area contributed by atoms with E-state index in [-0.39, 0.29) is 6.42 Å². The van der Waals surface area contributed by atoms with Gasteiger partial charge in [0.2, 0.25) is 0 Å². The summed E-state index contributed by atoms with van der Waals surface area (Å²) in [6, 6.07) is 0. The average molecular weight is 228 g/mol. The van der Waals surface area contributed by atoms with Crippen LogP contribution in [0, 0.1) is 11.8 Å². The van der Waals surface area contributed by atoms with Crippen molar-refractivity contribution in [2.45, 2.75) is 64.4 Å². The standard InChI is InChI=1S/C13H24O3/c1-10(2)11-4-3-7-13(16,8-5-11)9-6-12(14)15/h10-11,16H,3-9H2,1-2H3,(H,14,15). The summed E-state index contributed by atoms with van der Waals surface area (Å²) in [5.41, 5.74) is -0.720. The fourth-order valence-electron chi connectivity index (χ4n) is 2.67. The van der Waals surface area contributed by atoms with Gasteiger partial charge in [0.05, 0.1) is 5.60 Å². The van der Waals surface area contributed by atoms with E-state index in [4.69, 9.17) is 5.11 Å². The molecule has 0 aliphatic heterocycles. The monoisotopic (exact) mass is 228 g/mol. The lowest BCUT2D eigenvalue weighted by Gasteiger charge is -2.26. The zero-order chi connectivity index (χ0) is 12.2. The fourth-order valence-corrected chi connectivity index (χ4v) is 2.67. The number of carboxylic acid groups (broad SMARTS) is 1. The van der Waals surface area contributed by atoms with Crippen LogP contribution in [0.3, 0.4) is 0 Å². The SMILES string of the molecule is CC(C)C1CCCC(O)(CCC(=O)O)CC1. The van der Waals surface area contributed by atoms with E-state index >= 15 is 0 Å². The van der Waals surface area contributed by atoms with Crippen LogP contribution in [0.15, 0.2) is 0 Å². The molecule has 1 rings (SSSR count). The lowest BCUT2D eigenvalue weighted by Crippen LogP contribution is -2.28. The summed E-state index contributed by atoms with van der Waals surface area (Å²) < 4.78 is 0. The Bertz CT molecular complexity index is 237. The molecule has 0 heterocycles. The Labute approximate surface area is 97.9 Å². The Morgan fingerprint density at radius 1 is 1.38 bits per heavy atom. The van der Waals surface area contributed by atoms with Crippen LogP contribution in [0.1, 0.15) is 58.8 Å². The van der Waals surface area contributed by atoms with E-state index in [0.717, 1.165) is 25.7 Å². The Morgan fingerprint density at radius 3 is 2.62 bits per heavy atom. The van der Waals surface area contributed by atoms with Gasteiger partial charge in [-0.3, -0.25) is 4.79 Å². The first-order valence-corrected chi connectivity index (χ1v) is 6.37. The van der Waals surface area contributed by atoms with Gasteiger partial charge in [-0.25, -0.2) is 0 Å². The van der Waals surface area contributed by atoms with Gasteiger partial charge in [-0.05, 0) is 37.5 Å². The minimum atomic E-state index is -0.807. The molecule has 0 bridgehead atoms. The van der Waals surface area contributed by atoms with E-state index in [1.807, 2.05) is 0 Å². The van der Waals surface area contributed by atoms with Crippen LogP contribution in [-0.2, 0) is 4.79 Å². The third kappa shape index (κ3) is 4.12. The Balaban J connectivity index is 2.47. The highest BCUT2D eigenvalue weighted by Gasteiger charge is 2.31. The summed E-state index contributed by atoms with van der Waals surface area (Å²) >= 11 is 0. The van der Waals surface area contributed by atoms with Crippen molar-refractivity contribution in [3.05, 3.63) is 0 Å². The maximum Gasteiger partial charge on any atom is 0.303 e. The van der Waals surface area contributed by atoms with Gasteiger partial charge in [0, 0.05) is 6.42 Å². The van der Waals surface area contributed by atoms with Crippen molar-refractivity contribution < 1.29 is 15.0 Å². The number of rotatable bonds is 4. The first-order chi connectivity index (χ1) is 7.43. The smallest absolute Gasteiger partial charge is 0.303 e. The summed E-state index contributed by atoms with van der Waals surface area (Å²) in [5, 5.41) is 19.0. The zero-order valence-electron chi connectivity index (χ0n) is 10.4. The molecule has 0 aromatic carbocycles. The fraction of sp³-hybridized carbons (Fsp3) is 0.923. The van der Waals surface area contributed by atoms with Crippen molar-refractivity contribution in [2.75, 3.05) is 0 Å². The third-order valence-corrected chi connectivity index (χ3v) is 3.94. The van der Waals surface area contributed by atoms with Crippen molar-refractivity contribution in [3.8, 4) is 0 Å². The quantitative estimate of drug-likeness (QED) is 0.727. The Kier molecular flexibility index (Phi) is 4.78. The van der Waals surface area contributed by atoms with E-state index in [9.17, 15) is 9.90 Å². The lowest BCUT2D eigenvalue weighted by atomic mass is 9.86. The van der Waals surface area contributed by atoms with Crippen molar-refractivity contribution in [1.29, 1.82) is 0 Å². The molecule has 2 atom stereocenters. The predicted octanol–water partition coefficient (Wildman–Crippen LogP) is 2.82. The molecule has 16 heavy (non-hydrogen) atoms. The van der Waals surface area contributed by atoms with Gasteiger partial charge in [-0.1, -0.05) is 26.7 Å². The van der Waals surface area contributed by atoms with E-state index in [1.165, 1.54) is 6.42 Å². The lowest BCUT2D eigenvalue weighted by molar-refractivity contribution is -0.138. The number of aliphatic carboxylic acids is 1. The minimum absolute atomic E-state index is 0.0862. The van der Waals surface area contributed by atoms with Gasteiger partial charge in [-0.15, -0.1) is 0 Å². The largest absolute Gasteiger partial charge is 0.481 e. The van der Waals surface area contributed by atoms with Crippen LogP contribution >= 0.6 is 0 Å². The molecular formula is C13H24O3. The van der Waals surface area contributed by atoms with Gasteiger partial charge >= 0.3 is 5.97 Å².